The van der Waals surface area contributed by atoms with Gasteiger partial charge in [0.2, 0.25) is 0 Å². The van der Waals surface area contributed by atoms with E-state index < -0.39 is 16.6 Å². The molecule has 2 aromatic rings. The third-order valence-corrected chi connectivity index (χ3v) is 3.22. The van der Waals surface area contributed by atoms with Crippen LogP contribution in [-0.4, -0.2) is 24.5 Å². The van der Waals surface area contributed by atoms with Crippen molar-refractivity contribution in [1.29, 1.82) is 0 Å². The molecule has 2 aromatic carbocycles. The molecular weight excluding hydrogens is 343 g/mol. The maximum Gasteiger partial charge on any atom is 0.273 e. The quantitative estimate of drug-likeness (QED) is 0.634. The molecule has 0 saturated heterocycles. The van der Waals surface area contributed by atoms with Crippen molar-refractivity contribution in [1.82, 2.24) is 0 Å². The number of hydrogen-bond acceptors (Lipinski definition) is 5. The van der Waals surface area contributed by atoms with Crippen LogP contribution in [0.1, 0.15) is 0 Å². The maximum atomic E-state index is 13.0. The predicted molar refractivity (Wildman–Crippen MR) is 85.2 cm³/mol. The number of ether oxygens (including phenoxy) is 2. The number of hydrogen-bond donors (Lipinski definition) is 1. The highest BCUT2D eigenvalue weighted by atomic mass is 35.5. The van der Waals surface area contributed by atoms with Gasteiger partial charge >= 0.3 is 0 Å². The lowest BCUT2D eigenvalue weighted by atomic mass is 10.2. The summed E-state index contributed by atoms with van der Waals surface area (Å²) in [7, 11) is 1.33. The van der Waals surface area contributed by atoms with Crippen LogP contribution in [0.2, 0.25) is 5.02 Å². The largest absolute Gasteiger partial charge is 0.494 e. The van der Waals surface area contributed by atoms with E-state index in [2.05, 4.69) is 5.32 Å². The number of anilines is 1. The molecule has 7 nitrogen and oxygen atoms in total. The number of methoxy groups -OCH3 is 1. The third kappa shape index (κ3) is 4.32. The number of nitrogens with zero attached hydrogens (tertiary/aromatic N) is 1. The summed E-state index contributed by atoms with van der Waals surface area (Å²) in [5.41, 5.74) is 0.0934. The van der Waals surface area contributed by atoms with Gasteiger partial charge in [-0.2, -0.15) is 0 Å². The van der Waals surface area contributed by atoms with E-state index in [0.29, 0.717) is 0 Å². The molecule has 0 aliphatic rings. The van der Waals surface area contributed by atoms with E-state index in [4.69, 9.17) is 21.1 Å². The zero-order valence-electron chi connectivity index (χ0n) is 12.4. The fourth-order valence-electron chi connectivity index (χ4n) is 1.80. The smallest absolute Gasteiger partial charge is 0.273 e. The minimum absolute atomic E-state index is 0.120. The third-order valence-electron chi connectivity index (χ3n) is 2.93. The van der Waals surface area contributed by atoms with Crippen LogP contribution in [0.4, 0.5) is 15.8 Å². The van der Waals surface area contributed by atoms with Crippen LogP contribution in [0.25, 0.3) is 0 Å². The second-order valence-electron chi connectivity index (χ2n) is 4.55. The van der Waals surface area contributed by atoms with Crippen molar-refractivity contribution >= 4 is 28.9 Å². The van der Waals surface area contributed by atoms with Crippen LogP contribution in [-0.2, 0) is 4.79 Å². The Morgan fingerprint density at radius 1 is 1.33 bits per heavy atom. The zero-order chi connectivity index (χ0) is 17.7. The summed E-state index contributed by atoms with van der Waals surface area (Å²) in [5.74, 6) is -0.749. The van der Waals surface area contributed by atoms with Crippen molar-refractivity contribution < 1.29 is 23.6 Å². The topological polar surface area (TPSA) is 90.7 Å². The molecule has 0 fully saturated rings. The summed E-state index contributed by atoms with van der Waals surface area (Å²) in [4.78, 5) is 22.0. The Morgan fingerprint density at radius 3 is 2.71 bits per heavy atom. The standard InChI is InChI=1S/C15H12ClFN2O5/c1-23-14-6-9(19(21)22)2-5-13(14)18-15(20)8-24-10-3-4-12(17)11(16)7-10/h2-7H,8H2,1H3,(H,18,20). The Kier molecular flexibility index (Phi) is 5.54. The van der Waals surface area contributed by atoms with Crippen molar-refractivity contribution in [3.05, 3.63) is 57.4 Å². The molecular formula is C15H12ClFN2O5. The van der Waals surface area contributed by atoms with Gasteiger partial charge < -0.3 is 14.8 Å². The Hall–Kier alpha value is -2.87. The first-order valence-corrected chi connectivity index (χ1v) is 6.98. The molecule has 9 heteroatoms. The summed E-state index contributed by atoms with van der Waals surface area (Å²) >= 11 is 5.61. The number of nitro benzene ring substituents is 1. The number of amides is 1. The molecule has 0 radical (unpaired) electrons. The molecule has 24 heavy (non-hydrogen) atoms. The maximum absolute atomic E-state index is 13.0. The molecule has 1 N–H and O–H groups in total. The lowest BCUT2D eigenvalue weighted by Crippen LogP contribution is -2.20. The molecule has 0 heterocycles. The molecule has 2 rings (SSSR count). The van der Waals surface area contributed by atoms with Crippen molar-refractivity contribution in [3.63, 3.8) is 0 Å². The number of nitro groups is 1. The minimum atomic E-state index is -0.593. The van der Waals surface area contributed by atoms with E-state index in [-0.39, 0.29) is 34.5 Å². The van der Waals surface area contributed by atoms with Gasteiger partial charge in [0, 0.05) is 12.1 Å². The predicted octanol–water partition coefficient (Wildman–Crippen LogP) is 3.41. The van der Waals surface area contributed by atoms with Crippen molar-refractivity contribution in [3.8, 4) is 11.5 Å². The second kappa shape index (κ2) is 7.60. The van der Waals surface area contributed by atoms with Crippen LogP contribution >= 0.6 is 11.6 Å². The van der Waals surface area contributed by atoms with Crippen LogP contribution < -0.4 is 14.8 Å². The molecule has 126 valence electrons. The van der Waals surface area contributed by atoms with E-state index in [9.17, 15) is 19.3 Å². The normalized spacial score (nSPS) is 10.1. The highest BCUT2D eigenvalue weighted by molar-refractivity contribution is 6.30. The number of carbonyl (C=O) groups excluding carboxylic acids is 1. The minimum Gasteiger partial charge on any atom is -0.494 e. The van der Waals surface area contributed by atoms with E-state index in [1.807, 2.05) is 0 Å². The fraction of sp³-hybridized carbons (Fsp3) is 0.133. The molecule has 0 aliphatic carbocycles. The van der Waals surface area contributed by atoms with Gasteiger partial charge in [-0.3, -0.25) is 14.9 Å². The molecule has 0 bridgehead atoms. The number of halogens is 2. The first-order chi connectivity index (χ1) is 11.4. The fourth-order valence-corrected chi connectivity index (χ4v) is 1.97. The second-order valence-corrected chi connectivity index (χ2v) is 4.96. The van der Waals surface area contributed by atoms with Gasteiger partial charge in [0.05, 0.1) is 28.8 Å². The number of rotatable bonds is 6. The first-order valence-electron chi connectivity index (χ1n) is 6.61. The molecule has 0 atom stereocenters. The lowest BCUT2D eigenvalue weighted by molar-refractivity contribution is -0.384. The van der Waals surface area contributed by atoms with Gasteiger partial charge in [-0.05, 0) is 18.2 Å². The summed E-state index contributed by atoms with van der Waals surface area (Å²) in [6.45, 7) is -0.359. The van der Waals surface area contributed by atoms with Gasteiger partial charge in [0.25, 0.3) is 11.6 Å². The van der Waals surface area contributed by atoms with Crippen molar-refractivity contribution in [2.24, 2.45) is 0 Å². The summed E-state index contributed by atoms with van der Waals surface area (Å²) in [5, 5.41) is 13.1. The summed E-state index contributed by atoms with van der Waals surface area (Å²) < 4.78 is 23.2. The van der Waals surface area contributed by atoms with E-state index in [0.717, 1.165) is 6.07 Å². The lowest BCUT2D eigenvalue weighted by Gasteiger charge is -2.11. The highest BCUT2D eigenvalue weighted by Crippen LogP contribution is 2.29. The molecule has 0 unspecified atom stereocenters. The van der Waals surface area contributed by atoms with Crippen LogP contribution in [0.5, 0.6) is 11.5 Å². The zero-order valence-corrected chi connectivity index (χ0v) is 13.2. The average molecular weight is 355 g/mol. The van der Waals surface area contributed by atoms with E-state index in [1.54, 1.807) is 0 Å². The number of benzene rings is 2. The molecule has 0 saturated carbocycles. The Balaban J connectivity index is 2.01. The Morgan fingerprint density at radius 2 is 2.08 bits per heavy atom. The van der Waals surface area contributed by atoms with Gasteiger partial charge in [-0.15, -0.1) is 0 Å². The van der Waals surface area contributed by atoms with Crippen LogP contribution in [0, 0.1) is 15.9 Å². The van der Waals surface area contributed by atoms with Crippen molar-refractivity contribution in [2.75, 3.05) is 19.0 Å². The van der Waals surface area contributed by atoms with Gasteiger partial charge in [-0.25, -0.2) is 4.39 Å². The highest BCUT2D eigenvalue weighted by Gasteiger charge is 2.14. The van der Waals surface area contributed by atoms with E-state index in [1.165, 1.54) is 37.4 Å². The first kappa shape index (κ1) is 17.5. The number of non-ortho nitro benzene ring substituents is 1. The van der Waals surface area contributed by atoms with E-state index >= 15 is 0 Å². The Labute approximate surface area is 141 Å². The van der Waals surface area contributed by atoms with Gasteiger partial charge in [-0.1, -0.05) is 11.6 Å². The van der Waals surface area contributed by atoms with Gasteiger partial charge in [0.15, 0.2) is 6.61 Å². The Bertz CT molecular complexity index is 784. The van der Waals surface area contributed by atoms with Gasteiger partial charge in [0.1, 0.15) is 17.3 Å². The van der Waals surface area contributed by atoms with Crippen LogP contribution in [0.3, 0.4) is 0 Å². The molecule has 0 aromatic heterocycles. The SMILES string of the molecule is COc1cc([N+](=O)[O-])ccc1NC(=O)COc1ccc(F)c(Cl)c1. The summed E-state index contributed by atoms with van der Waals surface area (Å²) in [6.07, 6.45) is 0. The molecule has 1 amide bonds. The number of carbonyl (C=O) groups is 1. The van der Waals surface area contributed by atoms with Crippen LogP contribution in [0.15, 0.2) is 36.4 Å². The van der Waals surface area contributed by atoms with Crippen molar-refractivity contribution in [2.45, 2.75) is 0 Å². The molecule has 0 aliphatic heterocycles. The summed E-state index contributed by atoms with van der Waals surface area (Å²) in [6, 6.07) is 7.48. The monoisotopic (exact) mass is 354 g/mol. The number of nitrogens with one attached hydrogen (secondary N) is 1. The molecule has 0 spiro atoms. The average Bonchev–Trinajstić information content (AvgIpc) is 2.56.